The van der Waals surface area contributed by atoms with Crippen LogP contribution >= 0.6 is 34.7 Å². The fourth-order valence-corrected chi connectivity index (χ4v) is 3.90. The molecule has 1 aliphatic heterocycles. The van der Waals surface area contributed by atoms with Crippen LogP contribution in [0, 0.1) is 5.92 Å². The van der Waals surface area contributed by atoms with Gasteiger partial charge in [-0.25, -0.2) is 0 Å². The highest BCUT2D eigenvalue weighted by molar-refractivity contribution is 8.01. The zero-order chi connectivity index (χ0) is 9.10. The van der Waals surface area contributed by atoms with Crippen LogP contribution in [-0.2, 0) is 0 Å². The van der Waals surface area contributed by atoms with Crippen LogP contribution in [0.1, 0.15) is 6.42 Å². The highest BCUT2D eigenvalue weighted by Gasteiger charge is 2.14. The van der Waals surface area contributed by atoms with Crippen LogP contribution < -0.4 is 5.32 Å². The molecule has 1 atom stereocenters. The van der Waals surface area contributed by atoms with E-state index in [2.05, 4.69) is 11.4 Å². The molecule has 1 saturated heterocycles. The normalized spacial score (nSPS) is 22.4. The largest absolute Gasteiger partial charge is 0.316 e. The van der Waals surface area contributed by atoms with Crippen LogP contribution in [0.15, 0.2) is 16.3 Å². The molecule has 0 spiro atoms. The van der Waals surface area contributed by atoms with Crippen LogP contribution in [0.3, 0.4) is 0 Å². The number of thiophene rings is 1. The average molecular weight is 234 g/mol. The lowest BCUT2D eigenvalue weighted by atomic mass is 10.2. The van der Waals surface area contributed by atoms with Crippen molar-refractivity contribution in [2.45, 2.75) is 10.6 Å². The SMILES string of the molecule is Clc1ccc(SCC2CCNC2)s1. The van der Waals surface area contributed by atoms with Gasteiger partial charge in [0.25, 0.3) is 0 Å². The summed E-state index contributed by atoms with van der Waals surface area (Å²) in [7, 11) is 0. The van der Waals surface area contributed by atoms with Gasteiger partial charge in [-0.1, -0.05) is 11.6 Å². The van der Waals surface area contributed by atoms with Crippen molar-refractivity contribution in [1.29, 1.82) is 0 Å². The van der Waals surface area contributed by atoms with Crippen molar-refractivity contribution in [3.8, 4) is 0 Å². The zero-order valence-electron chi connectivity index (χ0n) is 7.25. The van der Waals surface area contributed by atoms with Gasteiger partial charge in [0.1, 0.15) is 0 Å². The highest BCUT2D eigenvalue weighted by Crippen LogP contribution is 2.32. The molecule has 1 unspecified atom stereocenters. The smallest absolute Gasteiger partial charge is 0.0940 e. The lowest BCUT2D eigenvalue weighted by Gasteiger charge is -2.04. The molecule has 0 saturated carbocycles. The molecule has 0 aliphatic carbocycles. The third kappa shape index (κ3) is 2.88. The predicted octanol–water partition coefficient (Wildman–Crippen LogP) is 3.10. The quantitative estimate of drug-likeness (QED) is 0.806. The molecule has 1 N–H and O–H groups in total. The topological polar surface area (TPSA) is 12.0 Å². The summed E-state index contributed by atoms with van der Waals surface area (Å²) in [6.45, 7) is 2.38. The van der Waals surface area contributed by atoms with Crippen molar-refractivity contribution in [2.75, 3.05) is 18.8 Å². The second-order valence-corrected chi connectivity index (χ2v) is 6.26. The average Bonchev–Trinajstić information content (AvgIpc) is 2.71. The summed E-state index contributed by atoms with van der Waals surface area (Å²) in [6.07, 6.45) is 1.33. The number of hydrogen-bond acceptors (Lipinski definition) is 3. The standard InChI is InChI=1S/C9H12ClNS2/c10-8-1-2-9(13-8)12-6-7-3-4-11-5-7/h1-2,7,11H,3-6H2. The Balaban J connectivity index is 1.78. The van der Waals surface area contributed by atoms with Crippen molar-refractivity contribution >= 4 is 34.7 Å². The van der Waals surface area contributed by atoms with Crippen LogP contribution in [0.25, 0.3) is 0 Å². The van der Waals surface area contributed by atoms with E-state index >= 15 is 0 Å². The molecular formula is C9H12ClNS2. The monoisotopic (exact) mass is 233 g/mol. The van der Waals surface area contributed by atoms with Gasteiger partial charge < -0.3 is 5.32 Å². The number of halogens is 1. The van der Waals surface area contributed by atoms with Crippen molar-refractivity contribution in [2.24, 2.45) is 5.92 Å². The third-order valence-electron chi connectivity index (χ3n) is 2.17. The van der Waals surface area contributed by atoms with Gasteiger partial charge in [-0.2, -0.15) is 0 Å². The second-order valence-electron chi connectivity index (χ2n) is 3.23. The number of nitrogens with one attached hydrogen (secondary N) is 1. The minimum absolute atomic E-state index is 0.853. The van der Waals surface area contributed by atoms with Crippen LogP contribution in [0.2, 0.25) is 4.34 Å². The van der Waals surface area contributed by atoms with Gasteiger partial charge >= 0.3 is 0 Å². The Hall–Kier alpha value is 0.300. The van der Waals surface area contributed by atoms with Gasteiger partial charge in [0.15, 0.2) is 0 Å². The fourth-order valence-electron chi connectivity index (χ4n) is 1.43. The van der Waals surface area contributed by atoms with Crippen molar-refractivity contribution < 1.29 is 0 Å². The molecule has 0 radical (unpaired) electrons. The van der Waals surface area contributed by atoms with E-state index < -0.39 is 0 Å². The molecule has 2 heterocycles. The first-order valence-electron chi connectivity index (χ1n) is 4.43. The predicted molar refractivity (Wildman–Crippen MR) is 61.0 cm³/mol. The first-order chi connectivity index (χ1) is 6.34. The molecule has 1 fully saturated rings. The summed E-state index contributed by atoms with van der Waals surface area (Å²) in [6, 6.07) is 4.08. The van der Waals surface area contributed by atoms with E-state index in [1.54, 1.807) is 11.3 Å². The zero-order valence-corrected chi connectivity index (χ0v) is 9.64. The van der Waals surface area contributed by atoms with E-state index in [1.807, 2.05) is 17.8 Å². The lowest BCUT2D eigenvalue weighted by Crippen LogP contribution is -2.10. The number of rotatable bonds is 3. The van der Waals surface area contributed by atoms with Gasteiger partial charge in [-0.05, 0) is 37.6 Å². The van der Waals surface area contributed by atoms with E-state index in [0.717, 1.165) is 10.3 Å². The Bertz CT molecular complexity index is 268. The molecule has 0 amide bonds. The van der Waals surface area contributed by atoms with Gasteiger partial charge in [0, 0.05) is 5.75 Å². The van der Waals surface area contributed by atoms with Gasteiger partial charge in [0.05, 0.1) is 8.55 Å². The van der Waals surface area contributed by atoms with E-state index in [1.165, 1.54) is 29.5 Å². The molecule has 72 valence electrons. The lowest BCUT2D eigenvalue weighted by molar-refractivity contribution is 0.663. The Kier molecular flexibility index (Phi) is 3.55. The van der Waals surface area contributed by atoms with Crippen LogP contribution in [-0.4, -0.2) is 18.8 Å². The third-order valence-corrected chi connectivity index (χ3v) is 4.86. The second kappa shape index (κ2) is 4.69. The van der Waals surface area contributed by atoms with E-state index in [0.29, 0.717) is 0 Å². The van der Waals surface area contributed by atoms with Gasteiger partial charge in [-0.15, -0.1) is 23.1 Å². The van der Waals surface area contributed by atoms with Crippen LogP contribution in [0.4, 0.5) is 0 Å². The highest BCUT2D eigenvalue weighted by atomic mass is 35.5. The van der Waals surface area contributed by atoms with E-state index in [9.17, 15) is 0 Å². The molecule has 1 aromatic heterocycles. The Labute approximate surface area is 91.9 Å². The Morgan fingerprint density at radius 1 is 1.62 bits per heavy atom. The van der Waals surface area contributed by atoms with E-state index in [-0.39, 0.29) is 0 Å². The van der Waals surface area contributed by atoms with Crippen LogP contribution in [0.5, 0.6) is 0 Å². The first-order valence-corrected chi connectivity index (χ1v) is 6.61. The van der Waals surface area contributed by atoms with Gasteiger partial charge in [-0.3, -0.25) is 0 Å². The molecule has 0 bridgehead atoms. The van der Waals surface area contributed by atoms with Crippen molar-refractivity contribution in [3.63, 3.8) is 0 Å². The van der Waals surface area contributed by atoms with E-state index in [4.69, 9.17) is 11.6 Å². The molecular weight excluding hydrogens is 222 g/mol. The number of hydrogen-bond donors (Lipinski definition) is 1. The number of thioether (sulfide) groups is 1. The summed E-state index contributed by atoms with van der Waals surface area (Å²) in [5.41, 5.74) is 0. The molecule has 1 nitrogen and oxygen atoms in total. The molecule has 4 heteroatoms. The van der Waals surface area contributed by atoms with Crippen molar-refractivity contribution in [1.82, 2.24) is 5.32 Å². The minimum Gasteiger partial charge on any atom is -0.316 e. The maximum absolute atomic E-state index is 5.85. The summed E-state index contributed by atoms with van der Waals surface area (Å²) in [5.74, 6) is 2.08. The summed E-state index contributed by atoms with van der Waals surface area (Å²) in [5, 5.41) is 3.38. The maximum atomic E-state index is 5.85. The summed E-state index contributed by atoms with van der Waals surface area (Å²) >= 11 is 9.46. The molecule has 1 aromatic rings. The maximum Gasteiger partial charge on any atom is 0.0940 e. The Morgan fingerprint density at radius 2 is 2.54 bits per heavy atom. The fraction of sp³-hybridized carbons (Fsp3) is 0.556. The summed E-state index contributed by atoms with van der Waals surface area (Å²) in [4.78, 5) is 0. The van der Waals surface area contributed by atoms with Crippen molar-refractivity contribution in [3.05, 3.63) is 16.5 Å². The molecule has 2 rings (SSSR count). The molecule has 13 heavy (non-hydrogen) atoms. The Morgan fingerprint density at radius 3 is 3.15 bits per heavy atom. The van der Waals surface area contributed by atoms with Gasteiger partial charge in [0.2, 0.25) is 0 Å². The minimum atomic E-state index is 0.853. The first kappa shape index (κ1) is 9.84. The summed E-state index contributed by atoms with van der Waals surface area (Å²) < 4.78 is 2.24. The molecule has 1 aliphatic rings. The molecule has 0 aromatic carbocycles.